The van der Waals surface area contributed by atoms with Crippen molar-refractivity contribution in [1.29, 1.82) is 0 Å². The lowest BCUT2D eigenvalue weighted by Crippen LogP contribution is -2.12. The molecule has 0 amide bonds. The number of fused-ring (bicyclic) bond motifs is 1. The van der Waals surface area contributed by atoms with E-state index in [1.54, 1.807) is 6.92 Å². The predicted molar refractivity (Wildman–Crippen MR) is 80.3 cm³/mol. The minimum absolute atomic E-state index is 0.139. The van der Waals surface area contributed by atoms with Crippen molar-refractivity contribution in [2.24, 2.45) is 0 Å². The molecule has 11 heteroatoms. The molecule has 2 heterocycles. The zero-order valence-electron chi connectivity index (χ0n) is 11.8. The molecule has 0 fully saturated rings. The number of nitrogens with zero attached hydrogens (tertiary/aromatic N) is 4. The topological polar surface area (TPSA) is 88.9 Å². The summed E-state index contributed by atoms with van der Waals surface area (Å²) in [7, 11) is 0. The van der Waals surface area contributed by atoms with Crippen LogP contribution in [0.4, 0.5) is 13.2 Å². The molecule has 0 radical (unpaired) electrons. The maximum absolute atomic E-state index is 13.3. The van der Waals surface area contributed by atoms with E-state index in [1.165, 1.54) is 12.1 Å². The van der Waals surface area contributed by atoms with Gasteiger partial charge in [-0.25, -0.2) is 14.8 Å². The fraction of sp³-hybridized carbons (Fsp3) is 0.154. The van der Waals surface area contributed by atoms with E-state index < -0.39 is 17.8 Å². The van der Waals surface area contributed by atoms with E-state index in [9.17, 15) is 18.0 Å². The Kier molecular flexibility index (Phi) is 4.13. The second kappa shape index (κ2) is 5.98. The summed E-state index contributed by atoms with van der Waals surface area (Å²) >= 11 is 1.86. The molecule has 1 aromatic carbocycles. The number of halogens is 3. The highest BCUT2D eigenvalue weighted by atomic mass is 32.2. The van der Waals surface area contributed by atoms with Crippen molar-refractivity contribution in [2.45, 2.75) is 22.5 Å². The smallest absolute Gasteiger partial charge is 0.436 e. The van der Waals surface area contributed by atoms with Crippen LogP contribution in [0, 0.1) is 6.92 Å². The maximum atomic E-state index is 13.3. The van der Waals surface area contributed by atoms with Gasteiger partial charge in [0.1, 0.15) is 10.0 Å². The molecule has 0 aliphatic heterocycles. The summed E-state index contributed by atoms with van der Waals surface area (Å²) in [6.07, 6.45) is -4.73. The molecule has 24 heavy (non-hydrogen) atoms. The minimum Gasteiger partial charge on any atom is -0.478 e. The molecule has 124 valence electrons. The fourth-order valence-corrected chi connectivity index (χ4v) is 3.66. The Balaban J connectivity index is 2.15. The van der Waals surface area contributed by atoms with Gasteiger partial charge in [0.2, 0.25) is 0 Å². The number of benzene rings is 1. The normalized spacial score (nSPS) is 11.8. The molecule has 0 spiro atoms. The van der Waals surface area contributed by atoms with Crippen LogP contribution >= 0.6 is 23.1 Å². The number of hydrogen-bond acceptors (Lipinski definition) is 7. The van der Waals surface area contributed by atoms with Gasteiger partial charge in [0.15, 0.2) is 10.0 Å². The molecule has 0 aliphatic rings. The highest BCUT2D eigenvalue weighted by molar-refractivity contribution is 8.01. The first kappa shape index (κ1) is 16.6. The fourth-order valence-electron chi connectivity index (χ4n) is 1.83. The molecule has 0 atom stereocenters. The number of rotatable bonds is 3. The Morgan fingerprint density at radius 1 is 1.21 bits per heavy atom. The molecule has 0 aliphatic carbocycles. The largest absolute Gasteiger partial charge is 0.478 e. The van der Waals surface area contributed by atoms with E-state index in [2.05, 4.69) is 20.2 Å². The second-order valence-corrected chi connectivity index (χ2v) is 6.99. The van der Waals surface area contributed by atoms with E-state index in [0.29, 0.717) is 9.35 Å². The molecule has 2 aromatic heterocycles. The Bertz CT molecular complexity index is 943. The SMILES string of the molecule is Cc1nnc(Sc2nc3ccc(C(=O)O)cc3nc2C(F)(F)F)s1. The lowest BCUT2D eigenvalue weighted by atomic mass is 10.2. The summed E-state index contributed by atoms with van der Waals surface area (Å²) in [6, 6.07) is 3.64. The Morgan fingerprint density at radius 3 is 2.54 bits per heavy atom. The van der Waals surface area contributed by atoms with Crippen molar-refractivity contribution in [3.8, 4) is 0 Å². The van der Waals surface area contributed by atoms with Gasteiger partial charge < -0.3 is 5.11 Å². The van der Waals surface area contributed by atoms with Crippen LogP contribution in [-0.4, -0.2) is 31.2 Å². The number of carboxylic acids is 1. The van der Waals surface area contributed by atoms with Crippen LogP contribution in [0.15, 0.2) is 27.6 Å². The van der Waals surface area contributed by atoms with E-state index in [-0.39, 0.29) is 21.6 Å². The third kappa shape index (κ3) is 3.31. The number of aryl methyl sites for hydroxylation is 1. The number of aromatic carboxylic acids is 1. The first-order chi connectivity index (χ1) is 11.2. The first-order valence-corrected chi connectivity index (χ1v) is 7.97. The van der Waals surface area contributed by atoms with Gasteiger partial charge in [-0.3, -0.25) is 0 Å². The highest BCUT2D eigenvalue weighted by Crippen LogP contribution is 2.39. The standard InChI is InChI=1S/C13H7F3N4O2S2/c1-5-19-20-12(23-5)24-10-9(13(14,15)16)17-8-4-6(11(21)22)2-3-7(8)18-10/h2-4H,1H3,(H,21,22). The average Bonchev–Trinajstić information content (AvgIpc) is 2.90. The molecular formula is C13H7F3N4O2S2. The van der Waals surface area contributed by atoms with Crippen molar-refractivity contribution in [3.05, 3.63) is 34.5 Å². The maximum Gasteiger partial charge on any atom is 0.436 e. The zero-order valence-corrected chi connectivity index (χ0v) is 13.5. The molecule has 3 aromatic rings. The van der Waals surface area contributed by atoms with E-state index in [0.717, 1.165) is 29.2 Å². The van der Waals surface area contributed by atoms with Crippen LogP contribution in [0.1, 0.15) is 21.1 Å². The monoisotopic (exact) mass is 372 g/mol. The average molecular weight is 372 g/mol. The second-order valence-electron chi connectivity index (χ2n) is 4.57. The Labute approximate surface area is 140 Å². The third-order valence-corrected chi connectivity index (χ3v) is 4.71. The first-order valence-electron chi connectivity index (χ1n) is 6.34. The van der Waals surface area contributed by atoms with Crippen LogP contribution < -0.4 is 0 Å². The quantitative estimate of drug-likeness (QED) is 0.750. The number of carbonyl (C=O) groups is 1. The summed E-state index contributed by atoms with van der Waals surface area (Å²) in [5, 5.41) is 16.7. The molecule has 3 rings (SSSR count). The van der Waals surface area contributed by atoms with Crippen molar-refractivity contribution < 1.29 is 23.1 Å². The molecule has 0 saturated heterocycles. The summed E-state index contributed by atoms with van der Waals surface area (Å²) in [4.78, 5) is 18.5. The molecule has 6 nitrogen and oxygen atoms in total. The van der Waals surface area contributed by atoms with Gasteiger partial charge in [0, 0.05) is 0 Å². The van der Waals surface area contributed by atoms with Crippen LogP contribution in [-0.2, 0) is 6.18 Å². The van der Waals surface area contributed by atoms with Gasteiger partial charge in [-0.05, 0) is 36.9 Å². The van der Waals surface area contributed by atoms with Gasteiger partial charge in [0.05, 0.1) is 16.6 Å². The molecule has 0 unspecified atom stereocenters. The van der Waals surface area contributed by atoms with Gasteiger partial charge in [-0.1, -0.05) is 11.3 Å². The molecule has 0 saturated carbocycles. The summed E-state index contributed by atoms with van der Waals surface area (Å²) < 4.78 is 40.1. The van der Waals surface area contributed by atoms with Crippen LogP contribution in [0.5, 0.6) is 0 Å². The van der Waals surface area contributed by atoms with E-state index in [4.69, 9.17) is 5.11 Å². The highest BCUT2D eigenvalue weighted by Gasteiger charge is 2.37. The van der Waals surface area contributed by atoms with E-state index in [1.807, 2.05) is 0 Å². The molecule has 1 N–H and O–H groups in total. The Hall–Kier alpha value is -2.27. The van der Waals surface area contributed by atoms with Crippen molar-refractivity contribution in [3.63, 3.8) is 0 Å². The van der Waals surface area contributed by atoms with Crippen LogP contribution in [0.3, 0.4) is 0 Å². The summed E-state index contributed by atoms with van der Waals surface area (Å²) in [5.41, 5.74) is -1.32. The van der Waals surface area contributed by atoms with Crippen LogP contribution in [0.2, 0.25) is 0 Å². The number of aromatic nitrogens is 4. The van der Waals surface area contributed by atoms with Crippen molar-refractivity contribution in [2.75, 3.05) is 0 Å². The minimum atomic E-state index is -4.73. The molecular weight excluding hydrogens is 365 g/mol. The molecule has 0 bridgehead atoms. The van der Waals surface area contributed by atoms with Crippen LogP contribution in [0.25, 0.3) is 11.0 Å². The van der Waals surface area contributed by atoms with Gasteiger partial charge in [-0.15, -0.1) is 10.2 Å². The van der Waals surface area contributed by atoms with Gasteiger partial charge >= 0.3 is 12.1 Å². The number of hydrogen-bond donors (Lipinski definition) is 1. The summed E-state index contributed by atoms with van der Waals surface area (Å²) in [5.74, 6) is -1.25. The third-order valence-electron chi connectivity index (χ3n) is 2.84. The van der Waals surface area contributed by atoms with Gasteiger partial charge in [-0.2, -0.15) is 13.2 Å². The summed E-state index contributed by atoms with van der Waals surface area (Å²) in [6.45, 7) is 1.69. The Morgan fingerprint density at radius 2 is 1.96 bits per heavy atom. The van der Waals surface area contributed by atoms with Crippen molar-refractivity contribution in [1.82, 2.24) is 20.2 Å². The number of alkyl halides is 3. The lowest BCUT2D eigenvalue weighted by molar-refractivity contribution is -0.143. The van der Waals surface area contributed by atoms with Gasteiger partial charge in [0.25, 0.3) is 0 Å². The predicted octanol–water partition coefficient (Wildman–Crippen LogP) is 3.66. The lowest BCUT2D eigenvalue weighted by Gasteiger charge is -2.11. The van der Waals surface area contributed by atoms with Crippen molar-refractivity contribution >= 4 is 40.1 Å². The number of carboxylic acid groups (broad SMARTS) is 1. The van der Waals surface area contributed by atoms with E-state index >= 15 is 0 Å². The zero-order chi connectivity index (χ0) is 17.5.